The summed E-state index contributed by atoms with van der Waals surface area (Å²) >= 11 is 0. The third kappa shape index (κ3) is 3.77. The van der Waals surface area contributed by atoms with E-state index >= 15 is 0 Å². The number of benzene rings is 2. The maximum atomic E-state index is 13.2. The van der Waals surface area contributed by atoms with Crippen LogP contribution in [0.3, 0.4) is 0 Å². The average Bonchev–Trinajstić information content (AvgIpc) is 2.97. The van der Waals surface area contributed by atoms with E-state index < -0.39 is 0 Å². The zero-order valence-electron chi connectivity index (χ0n) is 17.0. The molecular weight excluding hydrogens is 392 g/mol. The van der Waals surface area contributed by atoms with Gasteiger partial charge in [0.25, 0.3) is 5.91 Å². The van der Waals surface area contributed by atoms with Crippen LogP contribution >= 0.6 is 0 Å². The number of nitrogens with zero attached hydrogens (tertiary/aromatic N) is 4. The van der Waals surface area contributed by atoms with Gasteiger partial charge in [0.05, 0.1) is 19.2 Å². The van der Waals surface area contributed by atoms with Crippen molar-refractivity contribution >= 4 is 17.1 Å². The number of aromatic nitrogens is 3. The lowest BCUT2D eigenvalue weighted by Crippen LogP contribution is -2.31. The van der Waals surface area contributed by atoms with Crippen molar-refractivity contribution in [3.8, 4) is 22.6 Å². The first-order valence-electron chi connectivity index (χ1n) is 9.97. The molecule has 7 heteroatoms. The van der Waals surface area contributed by atoms with E-state index in [1.807, 2.05) is 48.5 Å². The van der Waals surface area contributed by atoms with Crippen molar-refractivity contribution in [2.45, 2.75) is 6.54 Å². The molecule has 0 unspecified atom stereocenters. The molecule has 0 radical (unpaired) electrons. The second kappa shape index (κ2) is 8.02. The molecule has 154 valence electrons. The summed E-state index contributed by atoms with van der Waals surface area (Å²) in [4.78, 5) is 27.9. The Bertz CT molecular complexity index is 1270. The van der Waals surface area contributed by atoms with Gasteiger partial charge in [0.2, 0.25) is 0 Å². The Kier molecular flexibility index (Phi) is 4.92. The van der Waals surface area contributed by atoms with Crippen LogP contribution < -0.4 is 9.47 Å². The van der Waals surface area contributed by atoms with E-state index in [1.54, 1.807) is 30.6 Å². The fourth-order valence-corrected chi connectivity index (χ4v) is 3.69. The highest BCUT2D eigenvalue weighted by Crippen LogP contribution is 2.31. The van der Waals surface area contributed by atoms with Crippen LogP contribution in [0.1, 0.15) is 15.9 Å². The summed E-state index contributed by atoms with van der Waals surface area (Å²) in [5.74, 6) is 1.30. The Morgan fingerprint density at radius 2 is 1.94 bits per heavy atom. The SMILES string of the molecule is COc1cccc(CN2CCOc3cc(-c4cnc5nccnc5c4)ccc3C2=O)c1. The molecule has 0 fully saturated rings. The first-order valence-corrected chi connectivity index (χ1v) is 9.97. The molecule has 0 N–H and O–H groups in total. The number of pyridine rings is 1. The Morgan fingerprint density at radius 1 is 1.03 bits per heavy atom. The van der Waals surface area contributed by atoms with Crippen LogP contribution in [0.25, 0.3) is 22.3 Å². The molecule has 31 heavy (non-hydrogen) atoms. The molecule has 7 nitrogen and oxygen atoms in total. The van der Waals surface area contributed by atoms with Crippen molar-refractivity contribution in [2.24, 2.45) is 0 Å². The summed E-state index contributed by atoms with van der Waals surface area (Å²) < 4.78 is 11.2. The predicted molar refractivity (Wildman–Crippen MR) is 116 cm³/mol. The van der Waals surface area contributed by atoms with E-state index in [0.717, 1.165) is 28.0 Å². The number of fused-ring (bicyclic) bond motifs is 2. The van der Waals surface area contributed by atoms with Gasteiger partial charge in [-0.05, 0) is 41.5 Å². The molecule has 0 saturated carbocycles. The molecule has 1 aliphatic rings. The zero-order chi connectivity index (χ0) is 21.2. The summed E-state index contributed by atoms with van der Waals surface area (Å²) in [6.45, 7) is 1.43. The lowest BCUT2D eigenvalue weighted by molar-refractivity contribution is 0.0743. The molecule has 0 bridgehead atoms. The third-order valence-corrected chi connectivity index (χ3v) is 5.28. The molecule has 2 aromatic carbocycles. The Labute approximate surface area is 179 Å². The summed E-state index contributed by atoms with van der Waals surface area (Å²) in [7, 11) is 1.63. The first kappa shape index (κ1) is 19.0. The van der Waals surface area contributed by atoms with Crippen molar-refractivity contribution in [3.05, 3.63) is 78.2 Å². The van der Waals surface area contributed by atoms with Crippen LogP contribution in [0.4, 0.5) is 0 Å². The van der Waals surface area contributed by atoms with E-state index in [-0.39, 0.29) is 5.91 Å². The smallest absolute Gasteiger partial charge is 0.258 e. The van der Waals surface area contributed by atoms with Gasteiger partial charge in [-0.2, -0.15) is 0 Å². The average molecular weight is 412 g/mol. The molecule has 0 saturated heterocycles. The quantitative estimate of drug-likeness (QED) is 0.508. The minimum Gasteiger partial charge on any atom is -0.497 e. The number of rotatable bonds is 4. The van der Waals surface area contributed by atoms with Gasteiger partial charge in [-0.25, -0.2) is 9.97 Å². The first-order chi connectivity index (χ1) is 15.2. The van der Waals surface area contributed by atoms with Gasteiger partial charge in [-0.3, -0.25) is 9.78 Å². The second-order valence-corrected chi connectivity index (χ2v) is 7.26. The number of amides is 1. The van der Waals surface area contributed by atoms with Gasteiger partial charge in [0.15, 0.2) is 5.65 Å². The minimum absolute atomic E-state index is 0.0515. The Morgan fingerprint density at radius 3 is 2.84 bits per heavy atom. The minimum atomic E-state index is -0.0515. The maximum Gasteiger partial charge on any atom is 0.258 e. The van der Waals surface area contributed by atoms with Crippen molar-refractivity contribution in [2.75, 3.05) is 20.3 Å². The number of hydrogen-bond donors (Lipinski definition) is 0. The largest absolute Gasteiger partial charge is 0.497 e. The monoisotopic (exact) mass is 412 g/mol. The van der Waals surface area contributed by atoms with Crippen LogP contribution in [-0.2, 0) is 6.54 Å². The molecule has 5 rings (SSSR count). The number of hydrogen-bond acceptors (Lipinski definition) is 6. The standard InChI is InChI=1S/C24H20N4O3/c1-30-19-4-2-3-16(11-19)15-28-9-10-31-22-13-17(5-6-20(22)24(28)29)18-12-21-23(27-14-18)26-8-7-25-21/h2-8,11-14H,9-10,15H2,1H3. The highest BCUT2D eigenvalue weighted by Gasteiger charge is 2.24. The topological polar surface area (TPSA) is 77.4 Å². The van der Waals surface area contributed by atoms with Gasteiger partial charge >= 0.3 is 0 Å². The number of methoxy groups -OCH3 is 1. The lowest BCUT2D eigenvalue weighted by Gasteiger charge is -2.20. The fourth-order valence-electron chi connectivity index (χ4n) is 3.69. The van der Waals surface area contributed by atoms with Gasteiger partial charge in [-0.1, -0.05) is 18.2 Å². The zero-order valence-corrected chi connectivity index (χ0v) is 17.0. The summed E-state index contributed by atoms with van der Waals surface area (Å²) in [5, 5.41) is 0. The van der Waals surface area contributed by atoms with Crippen LogP contribution in [0, 0.1) is 0 Å². The van der Waals surface area contributed by atoms with Gasteiger partial charge < -0.3 is 14.4 Å². The van der Waals surface area contributed by atoms with Crippen LogP contribution in [-0.4, -0.2) is 46.0 Å². The third-order valence-electron chi connectivity index (χ3n) is 5.28. The van der Waals surface area contributed by atoms with Gasteiger partial charge in [0.1, 0.15) is 23.6 Å². The fraction of sp³-hybridized carbons (Fsp3) is 0.167. The Hall–Kier alpha value is -4.00. The van der Waals surface area contributed by atoms with Crippen molar-refractivity contribution in [3.63, 3.8) is 0 Å². The normalized spacial score (nSPS) is 13.5. The van der Waals surface area contributed by atoms with Gasteiger partial charge in [-0.15, -0.1) is 0 Å². The maximum absolute atomic E-state index is 13.2. The number of carbonyl (C=O) groups is 1. The molecule has 0 spiro atoms. The highest BCUT2D eigenvalue weighted by molar-refractivity contribution is 5.98. The van der Waals surface area contributed by atoms with Crippen molar-refractivity contribution in [1.82, 2.24) is 19.9 Å². The molecule has 1 aliphatic heterocycles. The summed E-state index contributed by atoms with van der Waals surface area (Å²) in [6, 6.07) is 15.3. The second-order valence-electron chi connectivity index (χ2n) is 7.26. The predicted octanol–water partition coefficient (Wildman–Crippen LogP) is 3.74. The lowest BCUT2D eigenvalue weighted by atomic mass is 10.0. The molecule has 2 aromatic heterocycles. The van der Waals surface area contributed by atoms with Crippen molar-refractivity contribution < 1.29 is 14.3 Å². The van der Waals surface area contributed by atoms with E-state index in [0.29, 0.717) is 36.7 Å². The van der Waals surface area contributed by atoms with Gasteiger partial charge in [0, 0.05) is 30.7 Å². The molecule has 0 atom stereocenters. The summed E-state index contributed by atoms with van der Waals surface area (Å²) in [5.41, 5.74) is 4.68. The van der Waals surface area contributed by atoms with E-state index in [2.05, 4.69) is 15.0 Å². The van der Waals surface area contributed by atoms with Crippen LogP contribution in [0.15, 0.2) is 67.1 Å². The molecule has 1 amide bonds. The molecule has 4 aromatic rings. The molecule has 0 aliphatic carbocycles. The van der Waals surface area contributed by atoms with Crippen LogP contribution in [0.2, 0.25) is 0 Å². The van der Waals surface area contributed by atoms with Crippen molar-refractivity contribution in [1.29, 1.82) is 0 Å². The van der Waals surface area contributed by atoms with E-state index in [9.17, 15) is 4.79 Å². The molecule has 3 heterocycles. The number of carbonyl (C=O) groups excluding carboxylic acids is 1. The number of ether oxygens (including phenoxy) is 2. The van der Waals surface area contributed by atoms with E-state index in [4.69, 9.17) is 9.47 Å². The van der Waals surface area contributed by atoms with Crippen LogP contribution in [0.5, 0.6) is 11.5 Å². The Balaban J connectivity index is 1.43. The van der Waals surface area contributed by atoms with E-state index in [1.165, 1.54) is 0 Å². The molecular formula is C24H20N4O3. The summed E-state index contributed by atoms with van der Waals surface area (Å²) in [6.07, 6.45) is 5.02. The highest BCUT2D eigenvalue weighted by atomic mass is 16.5.